The summed E-state index contributed by atoms with van der Waals surface area (Å²) in [7, 11) is -3.89. The molecule has 53 heavy (non-hydrogen) atoms. The van der Waals surface area contributed by atoms with Gasteiger partial charge in [-0.05, 0) is 82.9 Å². The number of sulfonamides is 1. The highest BCUT2D eigenvalue weighted by molar-refractivity contribution is 7.91. The van der Waals surface area contributed by atoms with E-state index in [0.29, 0.717) is 43.6 Å². The number of carbonyl (C=O) groups excluding carboxylic acids is 4. The largest absolute Gasteiger partial charge is 0.472 e. The second kappa shape index (κ2) is 14.2. The Balaban J connectivity index is 1.21. The number of hydrogen-bond donors (Lipinski definition) is 3. The molecule has 15 heteroatoms. The highest BCUT2D eigenvalue weighted by atomic mass is 32.2. The SMILES string of the molecule is CC(C)(C)OC(=O)N[C@H]1CCCCCC=C[C@@H]2C[C@@]2(C(=O)NS(=O)(=O)C2CC2)NC(=O)[C@@H]2C[C@@H](Oc3nc4ncccc4c4ccccc34)CN2C1=O. The maximum absolute atomic E-state index is 14.5. The van der Waals surface area contributed by atoms with Gasteiger partial charge in [0.2, 0.25) is 27.7 Å². The van der Waals surface area contributed by atoms with E-state index in [1.165, 1.54) is 4.90 Å². The Labute approximate surface area is 308 Å². The zero-order chi connectivity index (χ0) is 37.5. The van der Waals surface area contributed by atoms with Crippen molar-refractivity contribution in [2.75, 3.05) is 6.54 Å². The van der Waals surface area contributed by atoms with Gasteiger partial charge in [-0.1, -0.05) is 43.2 Å². The lowest BCUT2D eigenvalue weighted by Crippen LogP contribution is -2.58. The standard InChI is InChI=1S/C38H46N6O8S/c1-37(2,3)52-36(48)40-29-16-8-6-4-5-7-12-23-21-38(23,35(47)43-53(49,50)25-17-18-25)42-32(45)30-20-24(22-44(30)34(29)46)51-33-28-14-10-9-13-26(28)27-15-11-19-39-31(27)41-33/h7,9-15,19,23-25,29-30H,4-6,8,16-18,20-22H2,1-3H3,(H,40,48)(H,42,45)(H,43,47)/t23-,24-,29+,30+,38-/m1/s1. The number of amides is 4. The second-order valence-corrected chi connectivity index (χ2v) is 17.5. The molecule has 2 aliphatic carbocycles. The van der Waals surface area contributed by atoms with E-state index in [9.17, 15) is 27.6 Å². The number of fused-ring (bicyclic) bond motifs is 5. The van der Waals surface area contributed by atoms with Gasteiger partial charge in [-0.2, -0.15) is 4.98 Å². The predicted molar refractivity (Wildman–Crippen MR) is 196 cm³/mol. The molecule has 4 amide bonds. The molecule has 14 nitrogen and oxygen atoms in total. The normalized spacial score (nSPS) is 26.8. The van der Waals surface area contributed by atoms with Crippen LogP contribution < -0.4 is 20.1 Å². The molecule has 2 saturated carbocycles. The van der Waals surface area contributed by atoms with E-state index in [0.717, 1.165) is 29.0 Å². The smallest absolute Gasteiger partial charge is 0.408 e. The van der Waals surface area contributed by atoms with Crippen LogP contribution >= 0.6 is 0 Å². The fourth-order valence-corrected chi connectivity index (χ4v) is 8.67. The van der Waals surface area contributed by atoms with Crippen LogP contribution in [0.5, 0.6) is 5.88 Å². The fourth-order valence-electron chi connectivity index (χ4n) is 7.30. The molecule has 2 aliphatic heterocycles. The summed E-state index contributed by atoms with van der Waals surface area (Å²) in [4.78, 5) is 66.1. The van der Waals surface area contributed by atoms with Crippen LogP contribution in [0.1, 0.15) is 78.6 Å². The predicted octanol–water partition coefficient (Wildman–Crippen LogP) is 4.03. The van der Waals surface area contributed by atoms with E-state index in [4.69, 9.17) is 14.5 Å². The number of benzene rings is 1. The summed E-state index contributed by atoms with van der Waals surface area (Å²) in [6, 6.07) is 9.26. The van der Waals surface area contributed by atoms with Crippen LogP contribution in [-0.4, -0.2) is 88.2 Å². The third-order valence-corrected chi connectivity index (χ3v) is 12.1. The van der Waals surface area contributed by atoms with Crippen molar-refractivity contribution in [3.63, 3.8) is 0 Å². The van der Waals surface area contributed by atoms with Crippen molar-refractivity contribution >= 4 is 55.6 Å². The minimum atomic E-state index is -3.89. The van der Waals surface area contributed by atoms with Crippen LogP contribution in [0.2, 0.25) is 0 Å². The lowest BCUT2D eigenvalue weighted by atomic mass is 10.0. The van der Waals surface area contributed by atoms with Crippen LogP contribution in [0.25, 0.3) is 21.8 Å². The van der Waals surface area contributed by atoms with Crippen LogP contribution in [0.15, 0.2) is 54.7 Å². The van der Waals surface area contributed by atoms with Crippen molar-refractivity contribution in [3.8, 4) is 5.88 Å². The number of ether oxygens (including phenoxy) is 2. The number of allylic oxidation sites excluding steroid dienone is 1. The Morgan fingerprint density at radius 3 is 2.51 bits per heavy atom. The van der Waals surface area contributed by atoms with Gasteiger partial charge < -0.3 is 25.0 Å². The first-order valence-corrected chi connectivity index (χ1v) is 19.9. The van der Waals surface area contributed by atoms with Gasteiger partial charge in [0.15, 0.2) is 5.65 Å². The lowest BCUT2D eigenvalue weighted by molar-refractivity contribution is -0.141. The minimum absolute atomic E-state index is 0.0156. The summed E-state index contributed by atoms with van der Waals surface area (Å²) in [5.74, 6) is -2.03. The highest BCUT2D eigenvalue weighted by Crippen LogP contribution is 2.46. The highest BCUT2D eigenvalue weighted by Gasteiger charge is 2.62. The molecule has 0 unspecified atom stereocenters. The molecule has 0 spiro atoms. The van der Waals surface area contributed by atoms with E-state index in [1.54, 1.807) is 27.0 Å². The first kappa shape index (κ1) is 36.6. The van der Waals surface area contributed by atoms with Gasteiger partial charge in [0.25, 0.3) is 5.91 Å². The van der Waals surface area contributed by atoms with E-state index < -0.39 is 74.3 Å². The Morgan fingerprint density at radius 1 is 1.00 bits per heavy atom. The van der Waals surface area contributed by atoms with Gasteiger partial charge in [-0.15, -0.1) is 0 Å². The van der Waals surface area contributed by atoms with Gasteiger partial charge in [0, 0.05) is 29.3 Å². The van der Waals surface area contributed by atoms with E-state index in [-0.39, 0.29) is 19.4 Å². The average Bonchev–Trinajstić information content (AvgIpc) is 4.03. The average molecular weight is 747 g/mol. The molecule has 282 valence electrons. The zero-order valence-corrected chi connectivity index (χ0v) is 31.0. The van der Waals surface area contributed by atoms with Crippen LogP contribution in [0.4, 0.5) is 4.79 Å². The Morgan fingerprint density at radius 2 is 1.75 bits per heavy atom. The van der Waals surface area contributed by atoms with Crippen molar-refractivity contribution in [3.05, 3.63) is 54.7 Å². The number of nitrogens with zero attached hydrogens (tertiary/aromatic N) is 3. The number of nitrogens with one attached hydrogen (secondary N) is 3. The Hall–Kier alpha value is -4.79. The van der Waals surface area contributed by atoms with E-state index in [1.807, 2.05) is 48.6 Å². The summed E-state index contributed by atoms with van der Waals surface area (Å²) in [5, 5.41) is 7.47. The molecule has 3 fully saturated rings. The van der Waals surface area contributed by atoms with Crippen LogP contribution in [0, 0.1) is 5.92 Å². The van der Waals surface area contributed by atoms with Crippen molar-refractivity contribution in [1.82, 2.24) is 30.2 Å². The van der Waals surface area contributed by atoms with Gasteiger partial charge >= 0.3 is 6.09 Å². The first-order valence-electron chi connectivity index (χ1n) is 18.4. The number of hydrogen-bond acceptors (Lipinski definition) is 10. The first-order chi connectivity index (χ1) is 25.2. The molecule has 5 atom stereocenters. The molecular formula is C38H46N6O8S. The summed E-state index contributed by atoms with van der Waals surface area (Å²) >= 11 is 0. The van der Waals surface area contributed by atoms with Gasteiger partial charge in [-0.3, -0.25) is 19.1 Å². The number of pyridine rings is 2. The van der Waals surface area contributed by atoms with Gasteiger partial charge in [-0.25, -0.2) is 18.2 Å². The Kier molecular flexibility index (Phi) is 9.81. The third kappa shape index (κ3) is 7.94. The quantitative estimate of drug-likeness (QED) is 0.246. The van der Waals surface area contributed by atoms with Crippen molar-refractivity contribution < 1.29 is 37.1 Å². The van der Waals surface area contributed by atoms with E-state index in [2.05, 4.69) is 20.3 Å². The molecule has 3 aromatic rings. The molecule has 4 aliphatic rings. The number of rotatable bonds is 6. The third-order valence-electron chi connectivity index (χ3n) is 10.3. The van der Waals surface area contributed by atoms with Crippen molar-refractivity contribution in [2.24, 2.45) is 5.92 Å². The summed E-state index contributed by atoms with van der Waals surface area (Å²) in [6.07, 6.45) is 8.40. The topological polar surface area (TPSA) is 186 Å². The minimum Gasteiger partial charge on any atom is -0.472 e. The number of carbonyl (C=O) groups is 4. The summed E-state index contributed by atoms with van der Waals surface area (Å²) in [5.41, 5.74) is -1.83. The van der Waals surface area contributed by atoms with Crippen LogP contribution in [-0.2, 0) is 29.1 Å². The number of alkyl carbamates (subject to hydrolysis) is 1. The van der Waals surface area contributed by atoms with Crippen LogP contribution in [0.3, 0.4) is 0 Å². The Bertz CT molecular complexity index is 2080. The van der Waals surface area contributed by atoms with Crippen molar-refractivity contribution in [1.29, 1.82) is 0 Å². The van der Waals surface area contributed by atoms with Gasteiger partial charge in [0.1, 0.15) is 29.3 Å². The molecule has 3 N–H and O–H groups in total. The van der Waals surface area contributed by atoms with Gasteiger partial charge in [0.05, 0.1) is 11.8 Å². The summed E-state index contributed by atoms with van der Waals surface area (Å²) < 4.78 is 39.9. The molecule has 2 aromatic heterocycles. The molecule has 4 heterocycles. The molecular weight excluding hydrogens is 701 g/mol. The van der Waals surface area contributed by atoms with Crippen molar-refractivity contribution in [2.45, 2.75) is 113 Å². The molecule has 7 rings (SSSR count). The zero-order valence-electron chi connectivity index (χ0n) is 30.2. The molecule has 1 aromatic carbocycles. The van der Waals surface area contributed by atoms with E-state index >= 15 is 0 Å². The maximum atomic E-state index is 14.5. The molecule has 0 bridgehead atoms. The second-order valence-electron chi connectivity index (χ2n) is 15.5. The lowest BCUT2D eigenvalue weighted by Gasteiger charge is -2.30. The number of aromatic nitrogens is 2. The summed E-state index contributed by atoms with van der Waals surface area (Å²) in [6.45, 7) is 5.18. The monoisotopic (exact) mass is 746 g/mol. The maximum Gasteiger partial charge on any atom is 0.408 e. The molecule has 0 radical (unpaired) electrons. The molecule has 1 saturated heterocycles. The fraction of sp³-hybridized carbons (Fsp3) is 0.526.